The molecule has 3 rings (SSSR count). The minimum atomic E-state index is -4.13. The summed E-state index contributed by atoms with van der Waals surface area (Å²) in [7, 11) is -4.13. The molecule has 0 bridgehead atoms. The number of hydrogen-bond acceptors (Lipinski definition) is 4. The predicted molar refractivity (Wildman–Crippen MR) is 156 cm³/mol. The lowest BCUT2D eigenvalue weighted by atomic mass is 10.1. The number of sulfonamides is 1. The second kappa shape index (κ2) is 13.6. The largest absolute Gasteiger partial charge is 0.352 e. The van der Waals surface area contributed by atoms with Gasteiger partial charge in [0.25, 0.3) is 10.0 Å². The van der Waals surface area contributed by atoms with Crippen LogP contribution in [0.4, 0.5) is 5.69 Å². The third kappa shape index (κ3) is 7.61. The van der Waals surface area contributed by atoms with Crippen molar-refractivity contribution in [3.05, 3.63) is 95.0 Å². The van der Waals surface area contributed by atoms with Crippen LogP contribution in [-0.4, -0.2) is 43.8 Å². The highest BCUT2D eigenvalue weighted by atomic mass is 35.5. The fourth-order valence-corrected chi connectivity index (χ4v) is 5.73. The summed E-state index contributed by atoms with van der Waals surface area (Å²) in [4.78, 5) is 28.9. The standard InChI is InChI=1S/C30H36ClN3O4S/c1-5-23(4)32-30(36)28(6-2)33(20-24-13-11-10-12-22(24)3)29(35)21-34(26-14-8-7-9-15-26)39(37,38)27-18-16-25(31)17-19-27/h7-19,23,28H,5-6,20-21H2,1-4H3,(H,32,36)/t23-,28+/m0/s1. The van der Waals surface area contributed by atoms with Crippen molar-refractivity contribution in [1.29, 1.82) is 0 Å². The molecule has 9 heteroatoms. The Morgan fingerprint density at radius 1 is 0.897 bits per heavy atom. The molecule has 2 atom stereocenters. The van der Waals surface area contributed by atoms with E-state index in [0.717, 1.165) is 21.9 Å². The monoisotopic (exact) mass is 569 g/mol. The molecular formula is C30H36ClN3O4S. The Hall–Kier alpha value is -3.36. The minimum Gasteiger partial charge on any atom is -0.352 e. The molecule has 208 valence electrons. The molecule has 0 saturated heterocycles. The molecule has 2 amide bonds. The number of carbonyl (C=O) groups excluding carboxylic acids is 2. The van der Waals surface area contributed by atoms with Crippen molar-refractivity contribution in [1.82, 2.24) is 10.2 Å². The number of carbonyl (C=O) groups is 2. The van der Waals surface area contributed by atoms with Gasteiger partial charge in [-0.2, -0.15) is 0 Å². The van der Waals surface area contributed by atoms with Crippen LogP contribution in [0.3, 0.4) is 0 Å². The zero-order valence-electron chi connectivity index (χ0n) is 22.8. The molecule has 0 saturated carbocycles. The Bertz CT molecular complexity index is 1360. The number of nitrogens with zero attached hydrogens (tertiary/aromatic N) is 2. The molecule has 0 aromatic heterocycles. The molecule has 0 aliphatic carbocycles. The number of nitrogens with one attached hydrogen (secondary N) is 1. The first kappa shape index (κ1) is 30.2. The summed E-state index contributed by atoms with van der Waals surface area (Å²) in [6, 6.07) is 21.1. The second-order valence-corrected chi connectivity index (χ2v) is 11.8. The molecule has 0 unspecified atom stereocenters. The van der Waals surface area contributed by atoms with E-state index in [9.17, 15) is 18.0 Å². The van der Waals surface area contributed by atoms with E-state index in [-0.39, 0.29) is 23.4 Å². The molecule has 1 N–H and O–H groups in total. The third-order valence-electron chi connectivity index (χ3n) is 6.71. The fraction of sp³-hybridized carbons (Fsp3) is 0.333. The van der Waals surface area contributed by atoms with Crippen LogP contribution in [0.1, 0.15) is 44.7 Å². The van der Waals surface area contributed by atoms with Gasteiger partial charge in [0.1, 0.15) is 12.6 Å². The van der Waals surface area contributed by atoms with E-state index in [1.54, 1.807) is 30.3 Å². The lowest BCUT2D eigenvalue weighted by Gasteiger charge is -2.34. The molecule has 7 nitrogen and oxygen atoms in total. The number of hydrogen-bond donors (Lipinski definition) is 1. The highest BCUT2D eigenvalue weighted by molar-refractivity contribution is 7.92. The van der Waals surface area contributed by atoms with Crippen LogP contribution in [0.25, 0.3) is 0 Å². The second-order valence-electron chi connectivity index (χ2n) is 9.49. The van der Waals surface area contributed by atoms with Gasteiger partial charge < -0.3 is 10.2 Å². The highest BCUT2D eigenvalue weighted by Crippen LogP contribution is 2.26. The molecule has 3 aromatic rings. The average molecular weight is 570 g/mol. The number of para-hydroxylation sites is 1. The molecule has 0 spiro atoms. The smallest absolute Gasteiger partial charge is 0.264 e. The summed E-state index contributed by atoms with van der Waals surface area (Å²) >= 11 is 5.99. The summed E-state index contributed by atoms with van der Waals surface area (Å²) < 4.78 is 28.7. The summed E-state index contributed by atoms with van der Waals surface area (Å²) in [5.41, 5.74) is 2.20. The van der Waals surface area contributed by atoms with Crippen LogP contribution in [0.2, 0.25) is 5.02 Å². The highest BCUT2D eigenvalue weighted by Gasteiger charge is 2.34. The SMILES string of the molecule is CC[C@H](C(=O)N[C@@H](C)CC)N(Cc1ccccc1C)C(=O)CN(c1ccccc1)S(=O)(=O)c1ccc(Cl)cc1. The molecule has 0 aliphatic rings. The van der Waals surface area contributed by atoms with E-state index in [2.05, 4.69) is 5.32 Å². The van der Waals surface area contributed by atoms with Gasteiger partial charge in [0.05, 0.1) is 10.6 Å². The van der Waals surface area contributed by atoms with Gasteiger partial charge in [0, 0.05) is 17.6 Å². The van der Waals surface area contributed by atoms with Crippen molar-refractivity contribution < 1.29 is 18.0 Å². The Morgan fingerprint density at radius 3 is 2.10 bits per heavy atom. The molecule has 0 fully saturated rings. The van der Waals surface area contributed by atoms with Crippen molar-refractivity contribution in [2.75, 3.05) is 10.8 Å². The molecular weight excluding hydrogens is 534 g/mol. The quantitative estimate of drug-likeness (QED) is 0.309. The van der Waals surface area contributed by atoms with Gasteiger partial charge in [-0.3, -0.25) is 13.9 Å². The first-order chi connectivity index (χ1) is 18.6. The van der Waals surface area contributed by atoms with Crippen molar-refractivity contribution in [3.63, 3.8) is 0 Å². The maximum Gasteiger partial charge on any atom is 0.264 e. The zero-order chi connectivity index (χ0) is 28.6. The van der Waals surface area contributed by atoms with Gasteiger partial charge in [-0.25, -0.2) is 8.42 Å². The van der Waals surface area contributed by atoms with Gasteiger partial charge in [-0.1, -0.05) is 67.9 Å². The Balaban J connectivity index is 2.04. The minimum absolute atomic E-state index is 0.00978. The topological polar surface area (TPSA) is 86.8 Å². The summed E-state index contributed by atoms with van der Waals surface area (Å²) in [5.74, 6) is -0.744. The number of amides is 2. The molecule has 0 heterocycles. The average Bonchev–Trinajstić information content (AvgIpc) is 2.93. The molecule has 0 aliphatic heterocycles. The first-order valence-electron chi connectivity index (χ1n) is 13.1. The van der Waals surface area contributed by atoms with Crippen LogP contribution >= 0.6 is 11.6 Å². The number of benzene rings is 3. The summed E-state index contributed by atoms with van der Waals surface area (Å²) in [6.07, 6.45) is 1.12. The summed E-state index contributed by atoms with van der Waals surface area (Å²) in [6.45, 7) is 7.36. The van der Waals surface area contributed by atoms with Crippen LogP contribution in [0.5, 0.6) is 0 Å². The Morgan fingerprint density at radius 2 is 1.51 bits per heavy atom. The number of aryl methyl sites for hydroxylation is 1. The van der Waals surface area contributed by atoms with Gasteiger partial charge in [0.15, 0.2) is 0 Å². The van der Waals surface area contributed by atoms with Crippen LogP contribution < -0.4 is 9.62 Å². The molecule has 39 heavy (non-hydrogen) atoms. The number of rotatable bonds is 12. The van der Waals surface area contributed by atoms with Crippen molar-refractivity contribution >= 4 is 39.1 Å². The predicted octanol–water partition coefficient (Wildman–Crippen LogP) is 5.57. The van der Waals surface area contributed by atoms with Crippen molar-refractivity contribution in [2.24, 2.45) is 0 Å². The number of anilines is 1. The lowest BCUT2D eigenvalue weighted by Crippen LogP contribution is -2.53. The summed E-state index contributed by atoms with van der Waals surface area (Å²) in [5, 5.41) is 3.39. The van der Waals surface area contributed by atoms with Crippen LogP contribution in [0.15, 0.2) is 83.8 Å². The van der Waals surface area contributed by atoms with E-state index in [4.69, 9.17) is 11.6 Å². The Kier molecular flexibility index (Phi) is 10.5. The lowest BCUT2D eigenvalue weighted by molar-refractivity contribution is -0.140. The van der Waals surface area contributed by atoms with E-state index in [0.29, 0.717) is 17.1 Å². The van der Waals surface area contributed by atoms with Crippen molar-refractivity contribution in [3.8, 4) is 0 Å². The van der Waals surface area contributed by atoms with Crippen LogP contribution in [-0.2, 0) is 26.2 Å². The maximum absolute atomic E-state index is 14.1. The maximum atomic E-state index is 14.1. The van der Waals surface area contributed by atoms with Gasteiger partial charge in [0.2, 0.25) is 11.8 Å². The van der Waals surface area contributed by atoms with E-state index < -0.39 is 28.5 Å². The Labute approximate surface area is 236 Å². The number of halogens is 1. The fourth-order valence-electron chi connectivity index (χ4n) is 4.19. The normalized spacial score (nSPS) is 12.8. The zero-order valence-corrected chi connectivity index (χ0v) is 24.4. The van der Waals surface area contributed by atoms with E-state index in [1.165, 1.54) is 29.2 Å². The molecule has 0 radical (unpaired) electrons. The van der Waals surface area contributed by atoms with E-state index >= 15 is 0 Å². The van der Waals surface area contributed by atoms with Crippen LogP contribution in [0, 0.1) is 6.92 Å². The van der Waals surface area contributed by atoms with Gasteiger partial charge in [-0.15, -0.1) is 0 Å². The van der Waals surface area contributed by atoms with Crippen molar-refractivity contribution in [2.45, 2.75) is 64.1 Å². The van der Waals surface area contributed by atoms with Gasteiger partial charge in [-0.05, 0) is 74.2 Å². The first-order valence-corrected chi connectivity index (χ1v) is 14.9. The van der Waals surface area contributed by atoms with Gasteiger partial charge >= 0.3 is 0 Å². The third-order valence-corrected chi connectivity index (χ3v) is 8.75. The molecule has 3 aromatic carbocycles. The van der Waals surface area contributed by atoms with E-state index in [1.807, 2.05) is 52.0 Å².